The van der Waals surface area contributed by atoms with Gasteiger partial charge in [0.2, 0.25) is 10.0 Å². The standard InChI is InChI=1S/C32H31FN6O6S/c1-2-32(42)25-12-28-29-23(16-39(28)30(40)24(25)17-45-31(32)41)22(21-11-18(14-34)26(33)13-27(21)36-29)15-37-7-9-38(10-8-37)46(43,44)20-5-3-19(35)4-6-20/h3-6,11-14,34,42H,2,7-10,15-17,35H2,1H3/t32-/m0/s1. The zero-order valence-electron chi connectivity index (χ0n) is 24.9. The molecule has 3 aliphatic heterocycles. The van der Waals surface area contributed by atoms with Crippen molar-refractivity contribution in [1.29, 1.82) is 5.41 Å². The number of esters is 1. The van der Waals surface area contributed by atoms with E-state index in [-0.39, 0.29) is 54.2 Å². The minimum Gasteiger partial charge on any atom is -0.458 e. The highest BCUT2D eigenvalue weighted by atomic mass is 32.2. The predicted octanol–water partition coefficient (Wildman–Crippen LogP) is 2.31. The molecule has 46 heavy (non-hydrogen) atoms. The van der Waals surface area contributed by atoms with E-state index in [1.807, 2.05) is 0 Å². The maximum absolute atomic E-state index is 14.9. The highest BCUT2D eigenvalue weighted by molar-refractivity contribution is 7.89. The van der Waals surface area contributed by atoms with Gasteiger partial charge >= 0.3 is 5.97 Å². The number of carbonyl (C=O) groups is 1. The average Bonchev–Trinajstić information content (AvgIpc) is 3.42. The van der Waals surface area contributed by atoms with Crippen LogP contribution in [0.2, 0.25) is 0 Å². The van der Waals surface area contributed by atoms with Crippen LogP contribution in [0.5, 0.6) is 0 Å². The van der Waals surface area contributed by atoms with Gasteiger partial charge in [-0.3, -0.25) is 9.69 Å². The third-order valence-corrected chi connectivity index (χ3v) is 11.2. The van der Waals surface area contributed by atoms with Gasteiger partial charge < -0.3 is 25.6 Å². The van der Waals surface area contributed by atoms with Gasteiger partial charge in [0.1, 0.15) is 12.4 Å². The smallest absolute Gasteiger partial charge is 0.343 e. The highest BCUT2D eigenvalue weighted by Gasteiger charge is 2.45. The minimum atomic E-state index is -3.72. The molecule has 0 saturated carbocycles. The molecule has 0 spiro atoms. The molecule has 1 saturated heterocycles. The van der Waals surface area contributed by atoms with Gasteiger partial charge in [0.25, 0.3) is 5.56 Å². The van der Waals surface area contributed by atoms with Crippen molar-refractivity contribution in [3.05, 3.63) is 86.5 Å². The van der Waals surface area contributed by atoms with E-state index in [1.54, 1.807) is 31.2 Å². The molecular weight excluding hydrogens is 615 g/mol. The first-order valence-corrected chi connectivity index (χ1v) is 16.3. The molecule has 0 bridgehead atoms. The topological polar surface area (TPSA) is 172 Å². The molecule has 4 N–H and O–H groups in total. The molecule has 2 aromatic carbocycles. The van der Waals surface area contributed by atoms with Crippen molar-refractivity contribution in [3.63, 3.8) is 0 Å². The zero-order valence-corrected chi connectivity index (χ0v) is 25.7. The Kier molecular flexibility index (Phi) is 7.08. The summed E-state index contributed by atoms with van der Waals surface area (Å²) in [5.41, 5.74) is 6.94. The van der Waals surface area contributed by atoms with Gasteiger partial charge in [0.05, 0.1) is 33.9 Å². The number of nitrogen functional groups attached to an aromatic ring is 1. The first-order valence-electron chi connectivity index (χ1n) is 14.9. The van der Waals surface area contributed by atoms with Crippen molar-refractivity contribution in [2.75, 3.05) is 31.9 Å². The Hall–Kier alpha value is -4.50. The molecule has 14 heteroatoms. The number of pyridine rings is 2. The summed E-state index contributed by atoms with van der Waals surface area (Å²) in [6.45, 7) is 3.18. The largest absolute Gasteiger partial charge is 0.458 e. The van der Waals surface area contributed by atoms with E-state index >= 15 is 0 Å². The van der Waals surface area contributed by atoms with E-state index in [9.17, 15) is 27.5 Å². The molecule has 238 valence electrons. The Morgan fingerprint density at radius 2 is 1.83 bits per heavy atom. The number of hydrogen-bond donors (Lipinski definition) is 3. The molecule has 0 aliphatic carbocycles. The highest BCUT2D eigenvalue weighted by Crippen LogP contribution is 2.41. The monoisotopic (exact) mass is 646 g/mol. The lowest BCUT2D eigenvalue weighted by atomic mass is 9.86. The van der Waals surface area contributed by atoms with Crippen LogP contribution >= 0.6 is 0 Å². The van der Waals surface area contributed by atoms with Crippen molar-refractivity contribution in [1.82, 2.24) is 18.8 Å². The molecule has 1 fully saturated rings. The summed E-state index contributed by atoms with van der Waals surface area (Å²) in [6.07, 6.45) is 0.936. The van der Waals surface area contributed by atoms with Crippen LogP contribution in [0.4, 0.5) is 10.1 Å². The quantitative estimate of drug-likeness (QED) is 0.142. The number of benzene rings is 2. The summed E-state index contributed by atoms with van der Waals surface area (Å²) in [7, 11) is -3.72. The Morgan fingerprint density at radius 1 is 1.11 bits per heavy atom. The molecule has 5 heterocycles. The second-order valence-corrected chi connectivity index (χ2v) is 13.7. The maximum atomic E-state index is 14.9. The van der Waals surface area contributed by atoms with Gasteiger partial charge in [-0.25, -0.2) is 22.6 Å². The summed E-state index contributed by atoms with van der Waals surface area (Å²) < 4.78 is 49.6. The van der Waals surface area contributed by atoms with Gasteiger partial charge in [-0.05, 0) is 48.4 Å². The average molecular weight is 647 g/mol. The molecule has 2 aromatic heterocycles. The number of cyclic esters (lactones) is 1. The molecule has 0 radical (unpaired) electrons. The van der Waals surface area contributed by atoms with E-state index in [4.69, 9.17) is 20.9 Å². The Balaban J connectivity index is 1.29. The number of sulfonamides is 1. The van der Waals surface area contributed by atoms with E-state index in [0.29, 0.717) is 47.6 Å². The van der Waals surface area contributed by atoms with Crippen molar-refractivity contribution in [3.8, 4) is 11.4 Å². The van der Waals surface area contributed by atoms with Crippen LogP contribution in [0.3, 0.4) is 0 Å². The van der Waals surface area contributed by atoms with Crippen molar-refractivity contribution in [2.24, 2.45) is 0 Å². The number of carbonyl (C=O) groups excluding carboxylic acids is 1. The third-order valence-electron chi connectivity index (χ3n) is 9.31. The summed E-state index contributed by atoms with van der Waals surface area (Å²) >= 11 is 0. The van der Waals surface area contributed by atoms with Crippen LogP contribution in [0, 0.1) is 11.2 Å². The maximum Gasteiger partial charge on any atom is 0.343 e. The number of aliphatic hydroxyl groups is 1. The fourth-order valence-electron chi connectivity index (χ4n) is 6.63. The molecule has 3 aliphatic rings. The Labute approximate surface area is 263 Å². The molecule has 12 nitrogen and oxygen atoms in total. The molecule has 1 atom stereocenters. The number of fused-ring (bicyclic) bond motifs is 5. The lowest BCUT2D eigenvalue weighted by molar-refractivity contribution is -0.172. The predicted molar refractivity (Wildman–Crippen MR) is 167 cm³/mol. The molecule has 7 rings (SSSR count). The van der Waals surface area contributed by atoms with E-state index in [2.05, 4.69) is 4.90 Å². The number of ether oxygens (including phenoxy) is 1. The minimum absolute atomic E-state index is 0.00260. The number of nitrogens with one attached hydrogen (secondary N) is 1. The lowest BCUT2D eigenvalue weighted by Crippen LogP contribution is -2.48. The van der Waals surface area contributed by atoms with Gasteiger partial charge in [-0.2, -0.15) is 4.31 Å². The van der Waals surface area contributed by atoms with Gasteiger partial charge in [0, 0.05) is 72.8 Å². The van der Waals surface area contributed by atoms with Crippen molar-refractivity contribution >= 4 is 38.8 Å². The SMILES string of the molecule is CC[C@@]1(O)C(=O)OCc2c1cc1n(c2=O)Cc2c-1nc1cc(F)c(C=N)cc1c2CN1CCN(S(=O)(=O)c2ccc(N)cc2)CC1. The molecule has 4 aromatic rings. The summed E-state index contributed by atoms with van der Waals surface area (Å²) in [5.74, 6) is -1.44. The number of rotatable bonds is 6. The van der Waals surface area contributed by atoms with Crippen LogP contribution < -0.4 is 11.3 Å². The van der Waals surface area contributed by atoms with Crippen molar-refractivity contribution < 1.29 is 27.4 Å². The normalized spacial score (nSPS) is 19.8. The van der Waals surface area contributed by atoms with Gasteiger partial charge in [-0.1, -0.05) is 6.92 Å². The number of nitrogens with two attached hydrogens (primary N) is 1. The van der Waals surface area contributed by atoms with E-state index in [0.717, 1.165) is 17.3 Å². The van der Waals surface area contributed by atoms with Crippen LogP contribution in [0.1, 0.15) is 41.2 Å². The number of piperazine rings is 1. The fourth-order valence-corrected chi connectivity index (χ4v) is 8.05. The fraction of sp³-hybridized carbons (Fsp3) is 0.312. The first-order chi connectivity index (χ1) is 22.0. The number of hydrogen-bond acceptors (Lipinski definition) is 10. The summed E-state index contributed by atoms with van der Waals surface area (Å²) in [4.78, 5) is 33.4. The molecular formula is C32H31FN6O6S. The molecule has 0 amide bonds. The van der Waals surface area contributed by atoms with Crippen LogP contribution in [0.15, 0.2) is 52.2 Å². The lowest BCUT2D eigenvalue weighted by Gasteiger charge is -2.34. The summed E-state index contributed by atoms with van der Waals surface area (Å²) in [5, 5.41) is 19.6. The second kappa shape index (κ2) is 10.8. The summed E-state index contributed by atoms with van der Waals surface area (Å²) in [6, 6.07) is 10.5. The van der Waals surface area contributed by atoms with Crippen LogP contribution in [-0.4, -0.2) is 70.6 Å². The van der Waals surface area contributed by atoms with E-state index < -0.39 is 33.0 Å². The number of anilines is 1. The Bertz CT molecular complexity index is 2130. The first kappa shape index (κ1) is 30.2. The number of halogens is 1. The van der Waals surface area contributed by atoms with Gasteiger partial charge in [-0.15, -0.1) is 0 Å². The Morgan fingerprint density at radius 3 is 2.50 bits per heavy atom. The second-order valence-electron chi connectivity index (χ2n) is 11.8. The third kappa shape index (κ3) is 4.54. The molecule has 0 unspecified atom stereocenters. The van der Waals surface area contributed by atoms with Crippen LogP contribution in [-0.2, 0) is 44.9 Å². The zero-order chi connectivity index (χ0) is 32.5. The van der Waals surface area contributed by atoms with Gasteiger partial charge in [0.15, 0.2) is 5.60 Å². The van der Waals surface area contributed by atoms with Crippen molar-refractivity contribution in [2.45, 2.75) is 43.5 Å². The van der Waals surface area contributed by atoms with E-state index in [1.165, 1.54) is 27.1 Å². The van der Waals surface area contributed by atoms with Crippen LogP contribution in [0.25, 0.3) is 22.3 Å². The number of aromatic nitrogens is 2. The number of nitrogens with zero attached hydrogens (tertiary/aromatic N) is 4.